The second-order valence-corrected chi connectivity index (χ2v) is 11.4. The monoisotopic (exact) mass is 423 g/mol. The Bertz CT molecular complexity index is 741. The molecule has 0 unspecified atom stereocenters. The van der Waals surface area contributed by atoms with Gasteiger partial charge in [0.1, 0.15) is 5.78 Å². The zero-order valence-corrected chi connectivity index (χ0v) is 19.2. The highest BCUT2D eigenvalue weighted by Crippen LogP contribution is 2.21. The Hall–Kier alpha value is -1.40. The molecule has 0 saturated carbocycles. The maximum Gasteiger partial charge on any atom is 0.152 e. The van der Waals surface area contributed by atoms with Crippen molar-refractivity contribution in [2.75, 3.05) is 30.3 Å². The number of ether oxygens (including phenoxy) is 1. The Morgan fingerprint density at radius 3 is 2.41 bits per heavy atom. The van der Waals surface area contributed by atoms with Crippen LogP contribution in [0.4, 0.5) is 5.69 Å². The van der Waals surface area contributed by atoms with Gasteiger partial charge in [0.05, 0.1) is 23.7 Å². The topological polar surface area (TPSA) is 63.7 Å². The van der Waals surface area contributed by atoms with Crippen LogP contribution in [-0.2, 0) is 25.8 Å². The molecule has 0 bridgehead atoms. The lowest BCUT2D eigenvalue weighted by Gasteiger charge is -2.36. The van der Waals surface area contributed by atoms with Crippen LogP contribution < -0.4 is 4.90 Å². The van der Waals surface area contributed by atoms with Crippen molar-refractivity contribution < 1.29 is 17.9 Å². The molecule has 1 atom stereocenters. The Kier molecular flexibility index (Phi) is 9.15. The Morgan fingerprint density at radius 1 is 1.10 bits per heavy atom. The number of hydrogen-bond donors (Lipinski definition) is 0. The minimum absolute atomic E-state index is 0.218. The van der Waals surface area contributed by atoms with Gasteiger partial charge >= 0.3 is 0 Å². The number of carbonyl (C=O) groups is 1. The van der Waals surface area contributed by atoms with Gasteiger partial charge in [-0.1, -0.05) is 32.4 Å². The highest BCUT2D eigenvalue weighted by Gasteiger charge is 2.23. The minimum Gasteiger partial charge on any atom is -0.374 e. The van der Waals surface area contributed by atoms with Gasteiger partial charge in [0.15, 0.2) is 9.84 Å². The Labute approximate surface area is 176 Å². The molecule has 1 aliphatic heterocycles. The standard InChI is InChI=1S/C23H37NO4S/c1-18(2)23-17-24(13-14-28-23)21-11-9-20(10-12-21)16-22(25)8-6-5-7-15-29(26,27)19(3)4/h9-12,18-19,23H,5-8,13-17H2,1-4H3/t23-/m0/s1. The molecule has 1 saturated heterocycles. The second-order valence-electron chi connectivity index (χ2n) is 8.71. The molecule has 0 N–H and O–H groups in total. The van der Waals surface area contributed by atoms with Gasteiger partial charge in [-0.05, 0) is 50.3 Å². The molecule has 6 heteroatoms. The molecule has 0 spiro atoms. The van der Waals surface area contributed by atoms with Gasteiger partial charge in [-0.15, -0.1) is 0 Å². The zero-order chi connectivity index (χ0) is 21.4. The normalized spacial score (nSPS) is 17.9. The molecule has 1 aliphatic rings. The summed E-state index contributed by atoms with van der Waals surface area (Å²) in [6.07, 6.45) is 3.41. The lowest BCUT2D eigenvalue weighted by molar-refractivity contribution is -0.118. The summed E-state index contributed by atoms with van der Waals surface area (Å²) in [5.74, 6) is 0.940. The molecule has 5 nitrogen and oxygen atoms in total. The SMILES string of the molecule is CC(C)[C@@H]1CN(c2ccc(CC(=O)CCCCCS(=O)(=O)C(C)C)cc2)CCO1. The fourth-order valence-electron chi connectivity index (χ4n) is 3.49. The van der Waals surface area contributed by atoms with Crippen molar-refractivity contribution in [3.63, 3.8) is 0 Å². The van der Waals surface area contributed by atoms with Gasteiger partial charge in [0.2, 0.25) is 0 Å². The molecule has 1 aromatic carbocycles. The number of carbonyl (C=O) groups excluding carboxylic acids is 1. The third kappa shape index (κ3) is 7.74. The predicted molar refractivity (Wildman–Crippen MR) is 119 cm³/mol. The first-order chi connectivity index (χ1) is 13.7. The van der Waals surface area contributed by atoms with Gasteiger partial charge in [0, 0.05) is 31.6 Å². The lowest BCUT2D eigenvalue weighted by atomic mass is 10.0. The van der Waals surface area contributed by atoms with Crippen molar-refractivity contribution >= 4 is 21.3 Å². The number of sulfone groups is 1. The van der Waals surface area contributed by atoms with Crippen LogP contribution in [0.3, 0.4) is 0 Å². The first kappa shape index (κ1) is 23.9. The molecule has 1 heterocycles. The summed E-state index contributed by atoms with van der Waals surface area (Å²) in [5, 5.41) is -0.319. The molecule has 1 aromatic rings. The summed E-state index contributed by atoms with van der Waals surface area (Å²) in [4.78, 5) is 14.6. The molecule has 29 heavy (non-hydrogen) atoms. The van der Waals surface area contributed by atoms with E-state index in [4.69, 9.17) is 4.74 Å². The summed E-state index contributed by atoms with van der Waals surface area (Å²) in [6.45, 7) is 10.4. The predicted octanol–water partition coefficient (Wildman–Crippen LogP) is 4.04. The van der Waals surface area contributed by atoms with E-state index in [1.165, 1.54) is 5.69 Å². The number of ketones is 1. The van der Waals surface area contributed by atoms with E-state index < -0.39 is 9.84 Å². The smallest absolute Gasteiger partial charge is 0.152 e. The second kappa shape index (κ2) is 11.1. The number of benzene rings is 1. The molecule has 164 valence electrons. The van der Waals surface area contributed by atoms with E-state index in [0.29, 0.717) is 25.2 Å². The van der Waals surface area contributed by atoms with E-state index >= 15 is 0 Å². The van der Waals surface area contributed by atoms with Crippen LogP contribution in [0.15, 0.2) is 24.3 Å². The molecule has 0 amide bonds. The van der Waals surface area contributed by atoms with E-state index in [1.807, 2.05) is 12.1 Å². The number of anilines is 1. The van der Waals surface area contributed by atoms with E-state index in [2.05, 4.69) is 30.9 Å². The average Bonchev–Trinajstić information content (AvgIpc) is 2.68. The number of rotatable bonds is 11. The quantitative estimate of drug-likeness (QED) is 0.503. The Morgan fingerprint density at radius 2 is 1.79 bits per heavy atom. The molecular weight excluding hydrogens is 386 g/mol. The number of unbranched alkanes of at least 4 members (excludes halogenated alkanes) is 2. The van der Waals surface area contributed by atoms with Crippen LogP contribution in [0.2, 0.25) is 0 Å². The number of hydrogen-bond acceptors (Lipinski definition) is 5. The van der Waals surface area contributed by atoms with Crippen LogP contribution in [-0.4, -0.2) is 51.0 Å². The van der Waals surface area contributed by atoms with Gasteiger partial charge in [-0.3, -0.25) is 4.79 Å². The molecule has 2 rings (SSSR count). The first-order valence-electron chi connectivity index (χ1n) is 10.9. The molecular formula is C23H37NO4S. The Balaban J connectivity index is 1.73. The van der Waals surface area contributed by atoms with Gasteiger partial charge in [-0.2, -0.15) is 0 Å². The van der Waals surface area contributed by atoms with Gasteiger partial charge < -0.3 is 9.64 Å². The molecule has 0 aliphatic carbocycles. The van der Waals surface area contributed by atoms with Crippen LogP contribution in [0.25, 0.3) is 0 Å². The number of nitrogens with zero attached hydrogens (tertiary/aromatic N) is 1. The highest BCUT2D eigenvalue weighted by atomic mass is 32.2. The summed E-state index contributed by atoms with van der Waals surface area (Å²) in [6, 6.07) is 8.29. The third-order valence-corrected chi connectivity index (χ3v) is 7.94. The fourth-order valence-corrected chi connectivity index (χ4v) is 4.57. The highest BCUT2D eigenvalue weighted by molar-refractivity contribution is 7.91. The van der Waals surface area contributed by atoms with Crippen molar-refractivity contribution in [2.24, 2.45) is 5.92 Å². The summed E-state index contributed by atoms with van der Waals surface area (Å²) >= 11 is 0. The summed E-state index contributed by atoms with van der Waals surface area (Å²) in [7, 11) is -2.97. The van der Waals surface area contributed by atoms with E-state index in [0.717, 1.165) is 38.1 Å². The lowest BCUT2D eigenvalue weighted by Crippen LogP contribution is -2.44. The van der Waals surface area contributed by atoms with Crippen molar-refractivity contribution in [1.82, 2.24) is 0 Å². The van der Waals surface area contributed by atoms with Crippen molar-refractivity contribution in [3.05, 3.63) is 29.8 Å². The van der Waals surface area contributed by atoms with E-state index in [1.54, 1.807) is 13.8 Å². The molecule has 0 radical (unpaired) electrons. The van der Waals surface area contributed by atoms with Gasteiger partial charge in [0.25, 0.3) is 0 Å². The van der Waals surface area contributed by atoms with E-state index in [-0.39, 0.29) is 22.9 Å². The largest absolute Gasteiger partial charge is 0.374 e. The zero-order valence-electron chi connectivity index (χ0n) is 18.4. The minimum atomic E-state index is -2.97. The number of Topliss-reactive ketones (excluding diaryl/α,β-unsaturated/α-hetero) is 1. The summed E-state index contributed by atoms with van der Waals surface area (Å²) in [5.41, 5.74) is 2.22. The first-order valence-corrected chi connectivity index (χ1v) is 12.6. The fraction of sp³-hybridized carbons (Fsp3) is 0.696. The third-order valence-electron chi connectivity index (χ3n) is 5.64. The van der Waals surface area contributed by atoms with Crippen LogP contribution >= 0.6 is 0 Å². The van der Waals surface area contributed by atoms with Crippen LogP contribution in [0, 0.1) is 5.92 Å². The van der Waals surface area contributed by atoms with Crippen molar-refractivity contribution in [3.8, 4) is 0 Å². The number of morpholine rings is 1. The molecule has 0 aromatic heterocycles. The maximum absolute atomic E-state index is 12.2. The van der Waals surface area contributed by atoms with Crippen molar-refractivity contribution in [1.29, 1.82) is 0 Å². The maximum atomic E-state index is 12.2. The van der Waals surface area contributed by atoms with Crippen LogP contribution in [0.5, 0.6) is 0 Å². The molecule has 1 fully saturated rings. The average molecular weight is 424 g/mol. The van der Waals surface area contributed by atoms with Gasteiger partial charge in [-0.25, -0.2) is 8.42 Å². The van der Waals surface area contributed by atoms with E-state index in [9.17, 15) is 13.2 Å². The van der Waals surface area contributed by atoms with Crippen LogP contribution in [0.1, 0.15) is 58.9 Å². The van der Waals surface area contributed by atoms with Crippen molar-refractivity contribution in [2.45, 2.75) is 71.2 Å². The summed E-state index contributed by atoms with van der Waals surface area (Å²) < 4.78 is 29.4.